The fraction of sp³-hybridized carbons (Fsp3) is 0.923. The summed E-state index contributed by atoms with van der Waals surface area (Å²) in [4.78, 5) is 2.55. The van der Waals surface area contributed by atoms with Crippen LogP contribution in [0.4, 0.5) is 0 Å². The summed E-state index contributed by atoms with van der Waals surface area (Å²) in [5.41, 5.74) is 5.23. The molecule has 3 nitrogen and oxygen atoms in total. The molecule has 1 rings (SSSR count). The summed E-state index contributed by atoms with van der Waals surface area (Å²) in [5.74, 6) is 0. The van der Waals surface area contributed by atoms with Gasteiger partial charge in [0, 0.05) is 12.1 Å². The molecule has 0 saturated heterocycles. The number of hydrogen-bond acceptors (Lipinski definition) is 3. The lowest BCUT2D eigenvalue weighted by molar-refractivity contribution is 0.173. The van der Waals surface area contributed by atoms with E-state index in [4.69, 9.17) is 11.0 Å². The van der Waals surface area contributed by atoms with Crippen LogP contribution >= 0.6 is 0 Å². The fourth-order valence-electron chi connectivity index (χ4n) is 2.29. The molecule has 2 atom stereocenters. The Morgan fingerprint density at radius 3 is 2.62 bits per heavy atom. The van der Waals surface area contributed by atoms with E-state index in [2.05, 4.69) is 24.8 Å². The van der Waals surface area contributed by atoms with Crippen molar-refractivity contribution in [1.29, 1.82) is 5.26 Å². The van der Waals surface area contributed by atoms with Crippen molar-refractivity contribution in [3.8, 4) is 6.07 Å². The molecule has 0 heterocycles. The van der Waals surface area contributed by atoms with Gasteiger partial charge in [0.25, 0.3) is 0 Å². The lowest BCUT2D eigenvalue weighted by Gasteiger charge is -2.32. The van der Waals surface area contributed by atoms with Gasteiger partial charge >= 0.3 is 0 Å². The standard InChI is InChI=1S/C13H25N3/c1-4-5-8-16(12-6-7-12)11(2)9-13(3,15)10-14/h11-12H,4-9,15H2,1-3H3. The van der Waals surface area contributed by atoms with Crippen LogP contribution in [0.25, 0.3) is 0 Å². The van der Waals surface area contributed by atoms with Gasteiger partial charge in [-0.15, -0.1) is 0 Å². The predicted molar refractivity (Wildman–Crippen MR) is 66.9 cm³/mol. The van der Waals surface area contributed by atoms with Crippen molar-refractivity contribution in [2.75, 3.05) is 6.54 Å². The van der Waals surface area contributed by atoms with Gasteiger partial charge in [-0.3, -0.25) is 4.90 Å². The Labute approximate surface area is 99.6 Å². The van der Waals surface area contributed by atoms with Crippen molar-refractivity contribution in [2.45, 2.75) is 70.5 Å². The van der Waals surface area contributed by atoms with Crippen molar-refractivity contribution in [2.24, 2.45) is 5.73 Å². The van der Waals surface area contributed by atoms with Gasteiger partial charge in [0.05, 0.1) is 6.07 Å². The summed E-state index contributed by atoms with van der Waals surface area (Å²) < 4.78 is 0. The SMILES string of the molecule is CCCCN(C(C)CC(C)(N)C#N)C1CC1. The van der Waals surface area contributed by atoms with Crippen molar-refractivity contribution < 1.29 is 0 Å². The summed E-state index contributed by atoms with van der Waals surface area (Å²) in [6.45, 7) is 7.41. The van der Waals surface area contributed by atoms with E-state index in [0.717, 1.165) is 19.0 Å². The van der Waals surface area contributed by atoms with E-state index in [0.29, 0.717) is 6.04 Å². The first-order valence-electron chi connectivity index (χ1n) is 6.46. The highest BCUT2D eigenvalue weighted by atomic mass is 15.2. The predicted octanol–water partition coefficient (Wildman–Crippen LogP) is 2.27. The molecule has 1 saturated carbocycles. The van der Waals surface area contributed by atoms with Gasteiger partial charge in [-0.05, 0) is 46.1 Å². The molecule has 0 aromatic carbocycles. The van der Waals surface area contributed by atoms with E-state index in [1.807, 2.05) is 6.92 Å². The first-order chi connectivity index (χ1) is 7.50. The Kier molecular flexibility index (Phi) is 4.76. The average molecular weight is 223 g/mol. The maximum Gasteiger partial charge on any atom is 0.102 e. The number of nitrogens with two attached hydrogens (primary N) is 1. The van der Waals surface area contributed by atoms with Crippen LogP contribution in [0.15, 0.2) is 0 Å². The number of nitrogens with zero attached hydrogens (tertiary/aromatic N) is 2. The minimum atomic E-state index is -0.682. The maximum absolute atomic E-state index is 8.96. The van der Waals surface area contributed by atoms with Crippen molar-refractivity contribution in [1.82, 2.24) is 4.90 Å². The summed E-state index contributed by atoms with van der Waals surface area (Å²) in [6.07, 6.45) is 5.89. The van der Waals surface area contributed by atoms with Crippen LogP contribution < -0.4 is 5.73 Å². The zero-order valence-corrected chi connectivity index (χ0v) is 10.9. The van der Waals surface area contributed by atoms with Crippen LogP contribution in [-0.2, 0) is 0 Å². The summed E-state index contributed by atoms with van der Waals surface area (Å²) >= 11 is 0. The minimum absolute atomic E-state index is 0.425. The van der Waals surface area contributed by atoms with E-state index in [-0.39, 0.29) is 0 Å². The van der Waals surface area contributed by atoms with Crippen LogP contribution in [0.3, 0.4) is 0 Å². The van der Waals surface area contributed by atoms with E-state index in [9.17, 15) is 0 Å². The second kappa shape index (κ2) is 5.65. The van der Waals surface area contributed by atoms with Gasteiger partial charge in [0.15, 0.2) is 0 Å². The zero-order valence-electron chi connectivity index (χ0n) is 10.9. The van der Waals surface area contributed by atoms with Gasteiger partial charge in [-0.25, -0.2) is 0 Å². The molecule has 1 aliphatic rings. The van der Waals surface area contributed by atoms with Gasteiger partial charge < -0.3 is 5.73 Å². The maximum atomic E-state index is 8.96. The topological polar surface area (TPSA) is 53.0 Å². The van der Waals surface area contributed by atoms with E-state index in [1.165, 1.54) is 25.7 Å². The molecule has 0 aliphatic heterocycles. The lowest BCUT2D eigenvalue weighted by atomic mass is 9.95. The molecule has 0 spiro atoms. The van der Waals surface area contributed by atoms with Gasteiger partial charge in [-0.1, -0.05) is 13.3 Å². The highest BCUT2D eigenvalue weighted by Gasteiger charge is 2.34. The highest BCUT2D eigenvalue weighted by Crippen LogP contribution is 2.30. The molecule has 0 aromatic heterocycles. The Bertz CT molecular complexity index is 250. The molecule has 92 valence electrons. The molecule has 16 heavy (non-hydrogen) atoms. The molecular formula is C13H25N3. The van der Waals surface area contributed by atoms with Gasteiger partial charge in [-0.2, -0.15) is 5.26 Å². The smallest absolute Gasteiger partial charge is 0.102 e. The van der Waals surface area contributed by atoms with Crippen molar-refractivity contribution in [3.63, 3.8) is 0 Å². The first kappa shape index (κ1) is 13.5. The van der Waals surface area contributed by atoms with Crippen LogP contribution in [-0.4, -0.2) is 29.1 Å². The van der Waals surface area contributed by atoms with Gasteiger partial charge in [0.2, 0.25) is 0 Å². The molecule has 0 amide bonds. The molecular weight excluding hydrogens is 198 g/mol. The number of nitriles is 1. The summed E-state index contributed by atoms with van der Waals surface area (Å²) in [6, 6.07) is 3.38. The van der Waals surface area contributed by atoms with E-state index in [1.54, 1.807) is 0 Å². The van der Waals surface area contributed by atoms with Crippen LogP contribution in [0.2, 0.25) is 0 Å². The molecule has 0 aromatic rings. The van der Waals surface area contributed by atoms with Crippen molar-refractivity contribution in [3.05, 3.63) is 0 Å². The molecule has 0 radical (unpaired) electrons. The molecule has 2 N–H and O–H groups in total. The number of rotatable bonds is 7. The third kappa shape index (κ3) is 4.11. The van der Waals surface area contributed by atoms with E-state index < -0.39 is 5.54 Å². The first-order valence-corrected chi connectivity index (χ1v) is 6.46. The highest BCUT2D eigenvalue weighted by molar-refractivity contribution is 5.03. The second-order valence-electron chi connectivity index (χ2n) is 5.40. The third-order valence-electron chi connectivity index (χ3n) is 3.33. The largest absolute Gasteiger partial charge is 0.314 e. The van der Waals surface area contributed by atoms with Crippen LogP contribution in [0, 0.1) is 11.3 Å². The van der Waals surface area contributed by atoms with Crippen LogP contribution in [0.5, 0.6) is 0 Å². The van der Waals surface area contributed by atoms with E-state index >= 15 is 0 Å². The zero-order chi connectivity index (χ0) is 12.2. The monoisotopic (exact) mass is 223 g/mol. The molecule has 1 aliphatic carbocycles. The summed E-state index contributed by atoms with van der Waals surface area (Å²) in [5, 5.41) is 8.96. The Balaban J connectivity index is 2.47. The number of hydrogen-bond donors (Lipinski definition) is 1. The molecule has 2 unspecified atom stereocenters. The Hall–Kier alpha value is -0.590. The van der Waals surface area contributed by atoms with Crippen LogP contribution in [0.1, 0.15) is 52.9 Å². The fourth-order valence-corrected chi connectivity index (χ4v) is 2.29. The quantitative estimate of drug-likeness (QED) is 0.720. The molecule has 3 heteroatoms. The number of unbranched alkanes of at least 4 members (excludes halogenated alkanes) is 1. The lowest BCUT2D eigenvalue weighted by Crippen LogP contribution is -2.45. The third-order valence-corrected chi connectivity index (χ3v) is 3.33. The van der Waals surface area contributed by atoms with Gasteiger partial charge in [0.1, 0.15) is 5.54 Å². The second-order valence-corrected chi connectivity index (χ2v) is 5.40. The Morgan fingerprint density at radius 2 is 2.19 bits per heavy atom. The average Bonchev–Trinajstić information content (AvgIpc) is 3.02. The molecule has 1 fully saturated rings. The Morgan fingerprint density at radius 1 is 1.56 bits per heavy atom. The molecule has 0 bridgehead atoms. The normalized spacial score (nSPS) is 21.5. The summed E-state index contributed by atoms with van der Waals surface area (Å²) in [7, 11) is 0. The van der Waals surface area contributed by atoms with Crippen molar-refractivity contribution >= 4 is 0 Å². The minimum Gasteiger partial charge on any atom is -0.314 e.